The van der Waals surface area contributed by atoms with E-state index in [1.165, 1.54) is 0 Å². The van der Waals surface area contributed by atoms with E-state index in [2.05, 4.69) is 18.9 Å². The highest BCUT2D eigenvalue weighted by molar-refractivity contribution is 7.71. The van der Waals surface area contributed by atoms with Gasteiger partial charge in [-0.25, -0.2) is 4.68 Å². The zero-order valence-electron chi connectivity index (χ0n) is 10.9. The molecule has 2 aromatic rings. The number of benzene rings is 1. The van der Waals surface area contributed by atoms with E-state index in [9.17, 15) is 0 Å². The summed E-state index contributed by atoms with van der Waals surface area (Å²) in [6.45, 7) is 4.39. The summed E-state index contributed by atoms with van der Waals surface area (Å²) in [5.74, 6) is 1.44. The average molecular weight is 262 g/mol. The van der Waals surface area contributed by atoms with Crippen molar-refractivity contribution in [3.05, 3.63) is 40.7 Å². The highest BCUT2D eigenvalue weighted by atomic mass is 32.1. The third kappa shape index (κ3) is 2.82. The highest BCUT2D eigenvalue weighted by Gasteiger charge is 2.05. The third-order valence-corrected chi connectivity index (χ3v) is 3.01. The fourth-order valence-corrected chi connectivity index (χ4v) is 2.22. The van der Waals surface area contributed by atoms with Crippen LogP contribution in [0.2, 0.25) is 0 Å². The number of aromatic nitrogens is 2. The van der Waals surface area contributed by atoms with Crippen molar-refractivity contribution in [2.45, 2.75) is 20.3 Å². The summed E-state index contributed by atoms with van der Waals surface area (Å²) in [5.41, 5.74) is 2.16. The molecule has 0 aliphatic rings. The highest BCUT2D eigenvalue weighted by Crippen LogP contribution is 2.17. The summed E-state index contributed by atoms with van der Waals surface area (Å²) in [4.78, 5) is 0. The topological polar surface area (TPSA) is 29.9 Å². The Balaban J connectivity index is 2.38. The molecular weight excluding hydrogens is 244 g/mol. The van der Waals surface area contributed by atoms with Crippen LogP contribution in [-0.4, -0.2) is 16.9 Å². The number of hydrogen-bond acceptors (Lipinski definition) is 2. The number of methoxy groups -OCH3 is 1. The molecule has 2 rings (SSSR count). The summed E-state index contributed by atoms with van der Waals surface area (Å²) >= 11 is 5.38. The number of ether oxygens (including phenoxy) is 1. The minimum Gasteiger partial charge on any atom is -0.497 e. The molecule has 4 heteroatoms. The lowest BCUT2D eigenvalue weighted by molar-refractivity contribution is 0.414. The van der Waals surface area contributed by atoms with Crippen LogP contribution in [0.4, 0.5) is 0 Å². The second-order valence-electron chi connectivity index (χ2n) is 4.75. The number of nitrogens with zero attached hydrogens (tertiary/aromatic N) is 1. The second-order valence-corrected chi connectivity index (χ2v) is 5.17. The van der Waals surface area contributed by atoms with Crippen LogP contribution in [0, 0.1) is 10.6 Å². The molecule has 0 saturated carbocycles. The Kier molecular flexibility index (Phi) is 3.87. The normalized spacial score (nSPS) is 10.9. The number of rotatable bonds is 4. The number of nitrogens with one attached hydrogen (secondary N) is 1. The van der Waals surface area contributed by atoms with Crippen molar-refractivity contribution in [3.8, 4) is 11.4 Å². The Morgan fingerprint density at radius 1 is 1.33 bits per heavy atom. The molecule has 0 spiro atoms. The molecule has 0 fully saturated rings. The summed E-state index contributed by atoms with van der Waals surface area (Å²) in [6.07, 6.45) is 1.00. The predicted molar refractivity (Wildman–Crippen MR) is 76.0 cm³/mol. The molecule has 1 N–H and O–H groups in total. The molecule has 1 heterocycles. The minimum atomic E-state index is 0.608. The van der Waals surface area contributed by atoms with Crippen molar-refractivity contribution >= 4 is 12.2 Å². The minimum absolute atomic E-state index is 0.608. The zero-order valence-corrected chi connectivity index (χ0v) is 11.8. The average Bonchev–Trinajstić information content (AvgIpc) is 2.69. The monoisotopic (exact) mass is 262 g/mol. The largest absolute Gasteiger partial charge is 0.497 e. The summed E-state index contributed by atoms with van der Waals surface area (Å²) in [7, 11) is 1.66. The van der Waals surface area contributed by atoms with Crippen molar-refractivity contribution in [3.63, 3.8) is 0 Å². The molecule has 96 valence electrons. The van der Waals surface area contributed by atoms with E-state index in [4.69, 9.17) is 17.0 Å². The van der Waals surface area contributed by atoms with Crippen LogP contribution in [0.1, 0.15) is 19.5 Å². The maximum atomic E-state index is 5.38. The van der Waals surface area contributed by atoms with Gasteiger partial charge >= 0.3 is 0 Å². The molecule has 1 aromatic carbocycles. The van der Waals surface area contributed by atoms with Crippen LogP contribution in [0.3, 0.4) is 0 Å². The predicted octanol–water partition coefficient (Wildman–Crippen LogP) is 3.74. The molecular formula is C14H18N2OS. The Morgan fingerprint density at radius 3 is 2.78 bits per heavy atom. The van der Waals surface area contributed by atoms with E-state index in [0.717, 1.165) is 28.2 Å². The Hall–Kier alpha value is -1.55. The molecule has 0 radical (unpaired) electrons. The van der Waals surface area contributed by atoms with Gasteiger partial charge in [0.25, 0.3) is 0 Å². The molecule has 18 heavy (non-hydrogen) atoms. The van der Waals surface area contributed by atoms with E-state index < -0.39 is 0 Å². The van der Waals surface area contributed by atoms with Gasteiger partial charge in [0, 0.05) is 11.8 Å². The van der Waals surface area contributed by atoms with Gasteiger partial charge in [-0.3, -0.25) is 5.10 Å². The van der Waals surface area contributed by atoms with Crippen molar-refractivity contribution in [1.29, 1.82) is 0 Å². The van der Waals surface area contributed by atoms with Gasteiger partial charge in [-0.05, 0) is 30.5 Å². The SMILES string of the molecule is COc1cccc(-n2[nH]c(CC(C)C)cc2=S)c1. The second kappa shape index (κ2) is 5.40. The van der Waals surface area contributed by atoms with Crippen molar-refractivity contribution in [2.75, 3.05) is 7.11 Å². The van der Waals surface area contributed by atoms with Gasteiger partial charge in [-0.1, -0.05) is 32.1 Å². The molecule has 0 aliphatic carbocycles. The maximum Gasteiger partial charge on any atom is 0.127 e. The third-order valence-electron chi connectivity index (χ3n) is 2.71. The van der Waals surface area contributed by atoms with Crippen LogP contribution in [-0.2, 0) is 6.42 Å². The fraction of sp³-hybridized carbons (Fsp3) is 0.357. The van der Waals surface area contributed by atoms with E-state index in [-0.39, 0.29) is 0 Å². The first-order chi connectivity index (χ1) is 8.60. The van der Waals surface area contributed by atoms with Crippen LogP contribution >= 0.6 is 12.2 Å². The zero-order chi connectivity index (χ0) is 13.1. The van der Waals surface area contributed by atoms with Crippen molar-refractivity contribution < 1.29 is 4.74 Å². The van der Waals surface area contributed by atoms with Crippen LogP contribution in [0.15, 0.2) is 30.3 Å². The number of aromatic amines is 1. The molecule has 0 saturated heterocycles. The van der Waals surface area contributed by atoms with Crippen molar-refractivity contribution in [1.82, 2.24) is 9.78 Å². The van der Waals surface area contributed by atoms with Crippen LogP contribution in [0.25, 0.3) is 5.69 Å². The van der Waals surface area contributed by atoms with E-state index >= 15 is 0 Å². The lowest BCUT2D eigenvalue weighted by Crippen LogP contribution is -2.00. The number of hydrogen-bond donors (Lipinski definition) is 1. The molecule has 1 aromatic heterocycles. The molecule has 0 atom stereocenters. The first kappa shape index (κ1) is 12.9. The lowest BCUT2D eigenvalue weighted by atomic mass is 10.1. The molecule has 0 bridgehead atoms. The Bertz CT molecular complexity index is 583. The standard InChI is InChI=1S/C14H18N2OS/c1-10(2)7-11-8-14(18)16(15-11)12-5-4-6-13(9-12)17-3/h4-6,8-10,15H,7H2,1-3H3. The van der Waals surface area contributed by atoms with Gasteiger partial charge < -0.3 is 4.74 Å². The van der Waals surface area contributed by atoms with Gasteiger partial charge in [-0.2, -0.15) is 0 Å². The molecule has 0 amide bonds. The van der Waals surface area contributed by atoms with E-state index in [0.29, 0.717) is 5.92 Å². The first-order valence-corrected chi connectivity index (χ1v) is 6.46. The molecule has 0 unspecified atom stereocenters. The number of H-pyrrole nitrogens is 1. The van der Waals surface area contributed by atoms with Gasteiger partial charge in [-0.15, -0.1) is 0 Å². The van der Waals surface area contributed by atoms with E-state index in [1.807, 2.05) is 35.0 Å². The van der Waals surface area contributed by atoms with Gasteiger partial charge in [0.15, 0.2) is 0 Å². The summed E-state index contributed by atoms with van der Waals surface area (Å²) < 4.78 is 7.93. The summed E-state index contributed by atoms with van der Waals surface area (Å²) in [6, 6.07) is 9.87. The Morgan fingerprint density at radius 2 is 2.11 bits per heavy atom. The van der Waals surface area contributed by atoms with Gasteiger partial charge in [0.1, 0.15) is 10.4 Å². The van der Waals surface area contributed by atoms with Crippen LogP contribution < -0.4 is 4.74 Å². The maximum absolute atomic E-state index is 5.38. The van der Waals surface area contributed by atoms with E-state index in [1.54, 1.807) is 7.11 Å². The van der Waals surface area contributed by atoms with Crippen molar-refractivity contribution in [2.24, 2.45) is 5.92 Å². The van der Waals surface area contributed by atoms with Crippen LogP contribution in [0.5, 0.6) is 5.75 Å². The summed E-state index contributed by atoms with van der Waals surface area (Å²) in [5, 5.41) is 3.34. The van der Waals surface area contributed by atoms with Gasteiger partial charge in [0.2, 0.25) is 0 Å². The lowest BCUT2D eigenvalue weighted by Gasteiger charge is -2.06. The first-order valence-electron chi connectivity index (χ1n) is 6.05. The fourth-order valence-electron chi connectivity index (χ4n) is 1.93. The van der Waals surface area contributed by atoms with Gasteiger partial charge in [0.05, 0.1) is 12.8 Å². The molecule has 3 nitrogen and oxygen atoms in total. The quantitative estimate of drug-likeness (QED) is 0.851. The molecule has 0 aliphatic heterocycles. The smallest absolute Gasteiger partial charge is 0.127 e. The Labute approximate surface area is 112 Å².